The molecule has 0 aliphatic heterocycles. The van der Waals surface area contributed by atoms with Gasteiger partial charge in [0.25, 0.3) is 0 Å². The van der Waals surface area contributed by atoms with Crippen molar-refractivity contribution < 1.29 is 9.84 Å². The maximum Gasteiger partial charge on any atom is 0.184 e. The Balaban J connectivity index is 3.05. The lowest BCUT2D eigenvalue weighted by Gasteiger charge is -2.09. The number of nitrogens with one attached hydrogen (secondary N) is 1. The summed E-state index contributed by atoms with van der Waals surface area (Å²) in [5.74, 6) is 0.716. The van der Waals surface area contributed by atoms with Gasteiger partial charge in [-0.25, -0.2) is 0 Å². The van der Waals surface area contributed by atoms with Gasteiger partial charge in [0.05, 0.1) is 13.3 Å². The van der Waals surface area contributed by atoms with E-state index in [0.29, 0.717) is 11.3 Å². The summed E-state index contributed by atoms with van der Waals surface area (Å²) in [6.45, 7) is 1.98. The number of hydrogen-bond donors (Lipinski definition) is 3. The molecule has 0 saturated carbocycles. The van der Waals surface area contributed by atoms with E-state index in [2.05, 4.69) is 22.7 Å². The molecule has 92 valence electrons. The first-order valence-electron chi connectivity index (χ1n) is 5.06. The van der Waals surface area contributed by atoms with Crippen molar-refractivity contribution in [3.05, 3.63) is 23.3 Å². The van der Waals surface area contributed by atoms with Crippen LogP contribution in [0.25, 0.3) is 0 Å². The van der Waals surface area contributed by atoms with Crippen molar-refractivity contribution in [1.82, 2.24) is 5.43 Å². The Labute approximate surface area is 105 Å². The third-order valence-corrected chi connectivity index (χ3v) is 2.29. The van der Waals surface area contributed by atoms with Crippen molar-refractivity contribution in [1.29, 1.82) is 0 Å². The molecule has 0 aliphatic rings. The lowest BCUT2D eigenvalue weighted by atomic mass is 10.0. The summed E-state index contributed by atoms with van der Waals surface area (Å²) in [7, 11) is 1.55. The van der Waals surface area contributed by atoms with Gasteiger partial charge in [-0.1, -0.05) is 6.92 Å². The van der Waals surface area contributed by atoms with Crippen molar-refractivity contribution in [3.8, 4) is 11.5 Å². The summed E-state index contributed by atoms with van der Waals surface area (Å²) in [5, 5.41) is 13.7. The van der Waals surface area contributed by atoms with Crippen LogP contribution in [0.3, 0.4) is 0 Å². The monoisotopic (exact) mass is 253 g/mol. The maximum atomic E-state index is 9.84. The molecular weight excluding hydrogens is 238 g/mol. The topological polar surface area (TPSA) is 79.9 Å². The minimum absolute atomic E-state index is 0.0762. The zero-order chi connectivity index (χ0) is 12.8. The number of nitrogens with zero attached hydrogens (tertiary/aromatic N) is 1. The number of methoxy groups -OCH3 is 1. The standard InChI is InChI=1S/C11H15N3O2S/c1-3-7-4-8(16-2)5-10(15)9(7)6-13-14-11(12)17/h4-6,15H,3H2,1-2H3,(H3,12,14,17)/b13-6+. The maximum absolute atomic E-state index is 9.84. The molecule has 5 nitrogen and oxygen atoms in total. The summed E-state index contributed by atoms with van der Waals surface area (Å²) < 4.78 is 5.07. The normalized spacial score (nSPS) is 10.5. The number of phenolic OH excluding ortho intramolecular Hbond substituents is 1. The fourth-order valence-corrected chi connectivity index (χ4v) is 1.44. The number of hydrazone groups is 1. The van der Waals surface area contributed by atoms with Crippen molar-refractivity contribution >= 4 is 23.5 Å². The molecule has 0 amide bonds. The highest BCUT2D eigenvalue weighted by Gasteiger charge is 2.07. The summed E-state index contributed by atoms with van der Waals surface area (Å²) >= 11 is 4.61. The first-order valence-corrected chi connectivity index (χ1v) is 5.47. The average Bonchev–Trinajstić information content (AvgIpc) is 2.30. The number of ether oxygens (including phenoxy) is 1. The fourth-order valence-electron chi connectivity index (χ4n) is 1.39. The molecule has 0 heterocycles. The predicted molar refractivity (Wildman–Crippen MR) is 71.6 cm³/mol. The van der Waals surface area contributed by atoms with E-state index in [1.807, 2.05) is 13.0 Å². The lowest BCUT2D eigenvalue weighted by molar-refractivity contribution is 0.407. The number of benzene rings is 1. The molecule has 0 fully saturated rings. The van der Waals surface area contributed by atoms with Gasteiger partial charge >= 0.3 is 0 Å². The van der Waals surface area contributed by atoms with Crippen LogP contribution in [-0.2, 0) is 6.42 Å². The molecule has 0 atom stereocenters. The van der Waals surface area contributed by atoms with E-state index in [0.717, 1.165) is 12.0 Å². The van der Waals surface area contributed by atoms with Crippen LogP contribution in [0.15, 0.2) is 17.2 Å². The molecule has 0 saturated heterocycles. The molecule has 0 radical (unpaired) electrons. The van der Waals surface area contributed by atoms with Crippen LogP contribution in [0.2, 0.25) is 0 Å². The number of rotatable bonds is 4. The Morgan fingerprint density at radius 2 is 2.35 bits per heavy atom. The summed E-state index contributed by atoms with van der Waals surface area (Å²) in [4.78, 5) is 0. The van der Waals surface area contributed by atoms with E-state index in [1.165, 1.54) is 12.3 Å². The molecule has 4 N–H and O–H groups in total. The van der Waals surface area contributed by atoms with E-state index in [4.69, 9.17) is 10.5 Å². The van der Waals surface area contributed by atoms with Crippen LogP contribution < -0.4 is 15.9 Å². The number of nitrogens with two attached hydrogens (primary N) is 1. The van der Waals surface area contributed by atoms with Gasteiger partial charge in [0, 0.05) is 11.6 Å². The predicted octanol–water partition coefficient (Wildman–Crippen LogP) is 1.13. The molecular formula is C11H15N3O2S. The second-order valence-corrected chi connectivity index (χ2v) is 3.75. The van der Waals surface area contributed by atoms with Crippen molar-refractivity contribution in [3.63, 3.8) is 0 Å². The number of hydrogen-bond acceptors (Lipinski definition) is 4. The van der Waals surface area contributed by atoms with E-state index in [1.54, 1.807) is 7.11 Å². The van der Waals surface area contributed by atoms with Crippen molar-refractivity contribution in [2.24, 2.45) is 10.8 Å². The summed E-state index contributed by atoms with van der Waals surface area (Å²) in [5.41, 5.74) is 9.22. The molecule has 0 aromatic heterocycles. The summed E-state index contributed by atoms with van der Waals surface area (Å²) in [6.07, 6.45) is 2.23. The first kappa shape index (κ1) is 13.2. The van der Waals surface area contributed by atoms with E-state index < -0.39 is 0 Å². The van der Waals surface area contributed by atoms with Gasteiger partial charge in [-0.05, 0) is 30.3 Å². The Morgan fingerprint density at radius 1 is 1.65 bits per heavy atom. The molecule has 0 bridgehead atoms. The van der Waals surface area contributed by atoms with Gasteiger partial charge in [0.15, 0.2) is 5.11 Å². The number of phenols is 1. The zero-order valence-corrected chi connectivity index (χ0v) is 10.5. The zero-order valence-electron chi connectivity index (χ0n) is 9.73. The Hall–Kier alpha value is -1.82. The third-order valence-electron chi connectivity index (χ3n) is 2.20. The number of aryl methyl sites for hydroxylation is 1. The van der Waals surface area contributed by atoms with Crippen molar-refractivity contribution in [2.75, 3.05) is 7.11 Å². The van der Waals surface area contributed by atoms with Crippen molar-refractivity contribution in [2.45, 2.75) is 13.3 Å². The second-order valence-electron chi connectivity index (χ2n) is 3.31. The SMILES string of the molecule is CCc1cc(OC)cc(O)c1/C=N/NC(N)=S. The van der Waals surface area contributed by atoms with Gasteiger partial charge in [-0.15, -0.1) is 0 Å². The van der Waals surface area contributed by atoms with Crippen LogP contribution in [0.4, 0.5) is 0 Å². The number of aromatic hydroxyl groups is 1. The van der Waals surface area contributed by atoms with Crippen LogP contribution in [0, 0.1) is 0 Å². The van der Waals surface area contributed by atoms with E-state index in [9.17, 15) is 5.11 Å². The van der Waals surface area contributed by atoms with Gasteiger partial charge in [-0.3, -0.25) is 5.43 Å². The largest absolute Gasteiger partial charge is 0.507 e. The molecule has 0 unspecified atom stereocenters. The minimum atomic E-state index is 0.0762. The number of thiocarbonyl (C=S) groups is 1. The molecule has 1 aromatic carbocycles. The Kier molecular flexibility index (Phi) is 4.71. The van der Waals surface area contributed by atoms with Crippen LogP contribution in [0.5, 0.6) is 11.5 Å². The molecule has 1 rings (SSSR count). The summed E-state index contributed by atoms with van der Waals surface area (Å²) in [6, 6.07) is 3.38. The first-order chi connectivity index (χ1) is 8.08. The van der Waals surface area contributed by atoms with E-state index in [-0.39, 0.29) is 10.9 Å². The molecule has 0 spiro atoms. The highest BCUT2D eigenvalue weighted by atomic mass is 32.1. The van der Waals surface area contributed by atoms with Gasteiger partial charge in [0.1, 0.15) is 11.5 Å². The second kappa shape index (κ2) is 6.05. The van der Waals surface area contributed by atoms with Crippen LogP contribution >= 0.6 is 12.2 Å². The Morgan fingerprint density at radius 3 is 2.88 bits per heavy atom. The van der Waals surface area contributed by atoms with Gasteiger partial charge < -0.3 is 15.6 Å². The molecule has 1 aromatic rings. The molecule has 6 heteroatoms. The lowest BCUT2D eigenvalue weighted by Crippen LogP contribution is -2.24. The quantitative estimate of drug-likeness (QED) is 0.426. The molecule has 0 aliphatic carbocycles. The van der Waals surface area contributed by atoms with E-state index >= 15 is 0 Å². The smallest absolute Gasteiger partial charge is 0.184 e. The fraction of sp³-hybridized carbons (Fsp3) is 0.273. The molecule has 17 heavy (non-hydrogen) atoms. The average molecular weight is 253 g/mol. The van der Waals surface area contributed by atoms with Crippen LogP contribution in [0.1, 0.15) is 18.1 Å². The van der Waals surface area contributed by atoms with Crippen LogP contribution in [-0.4, -0.2) is 23.5 Å². The van der Waals surface area contributed by atoms with Gasteiger partial charge in [0.2, 0.25) is 0 Å². The highest BCUT2D eigenvalue weighted by molar-refractivity contribution is 7.80. The van der Waals surface area contributed by atoms with Gasteiger partial charge in [-0.2, -0.15) is 5.10 Å². The Bertz CT molecular complexity index is 447. The minimum Gasteiger partial charge on any atom is -0.507 e. The third kappa shape index (κ3) is 3.60. The highest BCUT2D eigenvalue weighted by Crippen LogP contribution is 2.26.